The lowest BCUT2D eigenvalue weighted by molar-refractivity contribution is 0.0993. The molecule has 0 aliphatic heterocycles. The van der Waals surface area contributed by atoms with Crippen LogP contribution in [0.1, 0.15) is 16.1 Å². The fraction of sp³-hybridized carbons (Fsp3) is 0.188. The lowest BCUT2D eigenvalue weighted by Crippen LogP contribution is -2.28. The molecule has 1 amide bonds. The molecule has 3 rings (SSSR count). The highest BCUT2D eigenvalue weighted by Gasteiger charge is 2.25. The summed E-state index contributed by atoms with van der Waals surface area (Å²) in [5, 5.41) is 5.17. The molecule has 2 N–H and O–H groups in total. The summed E-state index contributed by atoms with van der Waals surface area (Å²) < 4.78 is 29.4. The van der Waals surface area contributed by atoms with E-state index in [1.54, 1.807) is 6.92 Å². The van der Waals surface area contributed by atoms with Crippen LogP contribution >= 0.6 is 0 Å². The molecule has 2 aromatic heterocycles. The summed E-state index contributed by atoms with van der Waals surface area (Å²) >= 11 is 0. The number of anilines is 1. The molecule has 0 fully saturated rings. The van der Waals surface area contributed by atoms with E-state index in [2.05, 4.69) is 4.98 Å². The molecular weight excluding hydrogens is 360 g/mol. The van der Waals surface area contributed by atoms with E-state index in [4.69, 9.17) is 9.56 Å². The summed E-state index contributed by atoms with van der Waals surface area (Å²) in [4.78, 5) is 30.6. The molecule has 0 bridgehead atoms. The van der Waals surface area contributed by atoms with E-state index >= 15 is 0 Å². The van der Waals surface area contributed by atoms with Gasteiger partial charge in [-0.15, -0.1) is 0 Å². The summed E-state index contributed by atoms with van der Waals surface area (Å²) in [5.74, 6) is -0.205. The minimum atomic E-state index is -3.83. The number of fused-ring (bicyclic) bond motifs is 1. The number of nitrogens with two attached hydrogens (primary N) is 1. The van der Waals surface area contributed by atoms with E-state index < -0.39 is 21.5 Å². The van der Waals surface area contributed by atoms with Crippen LogP contribution in [0.2, 0.25) is 0 Å². The van der Waals surface area contributed by atoms with Gasteiger partial charge in [0.1, 0.15) is 17.5 Å². The first-order chi connectivity index (χ1) is 12.1. The maximum absolute atomic E-state index is 12.9. The summed E-state index contributed by atoms with van der Waals surface area (Å²) in [5.41, 5.74) is 0.240. The summed E-state index contributed by atoms with van der Waals surface area (Å²) in [6, 6.07) is 5.50. The number of carbonyl (C=O) groups is 1. The van der Waals surface area contributed by atoms with Crippen molar-refractivity contribution < 1.29 is 17.6 Å². The van der Waals surface area contributed by atoms with Crippen LogP contribution in [0.3, 0.4) is 0 Å². The van der Waals surface area contributed by atoms with Gasteiger partial charge < -0.3 is 13.9 Å². The van der Waals surface area contributed by atoms with Gasteiger partial charge in [0.25, 0.3) is 11.5 Å². The molecule has 3 aromatic rings. The van der Waals surface area contributed by atoms with Crippen LogP contribution in [-0.2, 0) is 17.1 Å². The summed E-state index contributed by atoms with van der Waals surface area (Å²) in [6.07, 6.45) is 1.32. The van der Waals surface area contributed by atoms with Crippen molar-refractivity contribution in [2.75, 3.05) is 11.9 Å². The van der Waals surface area contributed by atoms with Crippen molar-refractivity contribution in [2.45, 2.75) is 11.8 Å². The first kappa shape index (κ1) is 17.8. The lowest BCUT2D eigenvalue weighted by atomic mass is 10.1. The Bertz CT molecular complexity index is 1180. The molecule has 0 aliphatic carbocycles. The zero-order valence-corrected chi connectivity index (χ0v) is 15.1. The molecule has 0 saturated carbocycles. The number of nitrogens with zero attached hydrogens (tertiary/aromatic N) is 3. The third-order valence-corrected chi connectivity index (χ3v) is 4.95. The summed E-state index contributed by atoms with van der Waals surface area (Å²) in [6.45, 7) is 1.58. The number of benzene rings is 1. The van der Waals surface area contributed by atoms with Gasteiger partial charge in [-0.25, -0.2) is 18.5 Å². The van der Waals surface area contributed by atoms with Gasteiger partial charge in [0.15, 0.2) is 0 Å². The largest absolute Gasteiger partial charge is 0.442 e. The Kier molecular flexibility index (Phi) is 4.17. The Balaban J connectivity index is 2.07. The first-order valence-corrected chi connectivity index (χ1v) is 9.01. The summed E-state index contributed by atoms with van der Waals surface area (Å²) in [7, 11) is -0.789. The first-order valence-electron chi connectivity index (χ1n) is 7.47. The number of aryl methyl sites for hydroxylation is 2. The van der Waals surface area contributed by atoms with Gasteiger partial charge in [0.2, 0.25) is 15.7 Å². The fourth-order valence-corrected chi connectivity index (χ4v) is 3.10. The minimum Gasteiger partial charge on any atom is -0.442 e. The second-order valence-corrected chi connectivity index (χ2v) is 7.34. The molecule has 9 nitrogen and oxygen atoms in total. The number of hydrogen-bond donors (Lipinski definition) is 1. The van der Waals surface area contributed by atoms with Gasteiger partial charge in [-0.2, -0.15) is 0 Å². The van der Waals surface area contributed by atoms with Crippen molar-refractivity contribution in [1.82, 2.24) is 9.55 Å². The predicted molar refractivity (Wildman–Crippen MR) is 94.5 cm³/mol. The maximum atomic E-state index is 12.9. The third-order valence-electron chi connectivity index (χ3n) is 4.02. The number of hydrogen-bond acceptors (Lipinski definition) is 6. The monoisotopic (exact) mass is 376 g/mol. The smallest absolute Gasteiger partial charge is 0.265 e. The Labute approximate surface area is 148 Å². The second kappa shape index (κ2) is 6.07. The zero-order chi connectivity index (χ0) is 19.2. The molecule has 0 atom stereocenters. The van der Waals surface area contributed by atoms with Gasteiger partial charge in [0, 0.05) is 19.8 Å². The van der Waals surface area contributed by atoms with Crippen molar-refractivity contribution in [2.24, 2.45) is 12.2 Å². The topological polar surface area (TPSA) is 128 Å². The van der Waals surface area contributed by atoms with Crippen LogP contribution in [0.25, 0.3) is 11.1 Å². The molecule has 0 spiro atoms. The number of amides is 1. The van der Waals surface area contributed by atoms with E-state index in [1.807, 2.05) is 0 Å². The number of carbonyl (C=O) groups excluding carboxylic acids is 1. The Hall–Kier alpha value is -2.98. The van der Waals surface area contributed by atoms with E-state index in [0.717, 1.165) is 0 Å². The molecular formula is C16H16N4O5S. The number of aromatic nitrogens is 2. The van der Waals surface area contributed by atoms with Crippen molar-refractivity contribution in [1.29, 1.82) is 0 Å². The van der Waals surface area contributed by atoms with E-state index in [9.17, 15) is 18.0 Å². The van der Waals surface area contributed by atoms with E-state index in [0.29, 0.717) is 5.69 Å². The van der Waals surface area contributed by atoms with Crippen LogP contribution in [-0.4, -0.2) is 30.9 Å². The highest BCUT2D eigenvalue weighted by Crippen LogP contribution is 2.25. The molecule has 0 radical (unpaired) electrons. The van der Waals surface area contributed by atoms with Gasteiger partial charge in [-0.3, -0.25) is 9.59 Å². The third kappa shape index (κ3) is 2.89. The van der Waals surface area contributed by atoms with Gasteiger partial charge in [-0.1, -0.05) is 0 Å². The average Bonchev–Trinajstić information content (AvgIpc) is 2.93. The number of primary sulfonamides is 1. The number of rotatable bonds is 3. The number of sulfonamides is 1. The Morgan fingerprint density at radius 1 is 1.27 bits per heavy atom. The van der Waals surface area contributed by atoms with Crippen LogP contribution in [0.15, 0.2) is 44.7 Å². The van der Waals surface area contributed by atoms with Crippen LogP contribution < -0.4 is 15.6 Å². The van der Waals surface area contributed by atoms with E-state index in [-0.39, 0.29) is 27.3 Å². The Morgan fingerprint density at radius 3 is 2.46 bits per heavy atom. The average molecular weight is 376 g/mol. The van der Waals surface area contributed by atoms with Gasteiger partial charge >= 0.3 is 0 Å². The highest BCUT2D eigenvalue weighted by atomic mass is 32.2. The fourth-order valence-electron chi connectivity index (χ4n) is 2.59. The zero-order valence-electron chi connectivity index (χ0n) is 14.3. The highest BCUT2D eigenvalue weighted by molar-refractivity contribution is 7.89. The Morgan fingerprint density at radius 2 is 1.88 bits per heavy atom. The molecule has 0 aliphatic rings. The van der Waals surface area contributed by atoms with Crippen LogP contribution in [0, 0.1) is 6.92 Å². The van der Waals surface area contributed by atoms with Crippen molar-refractivity contribution in [3.8, 4) is 0 Å². The van der Waals surface area contributed by atoms with Crippen molar-refractivity contribution >= 4 is 32.7 Å². The molecule has 26 heavy (non-hydrogen) atoms. The molecule has 0 unspecified atom stereocenters. The molecule has 2 heterocycles. The quantitative estimate of drug-likeness (QED) is 0.718. The van der Waals surface area contributed by atoms with Crippen LogP contribution in [0.4, 0.5) is 5.69 Å². The van der Waals surface area contributed by atoms with Crippen molar-refractivity contribution in [3.63, 3.8) is 0 Å². The molecule has 10 heteroatoms. The predicted octanol–water partition coefficient (Wildman–Crippen LogP) is 0.759. The maximum Gasteiger partial charge on any atom is 0.265 e. The lowest BCUT2D eigenvalue weighted by Gasteiger charge is -2.17. The minimum absolute atomic E-state index is 0.0647. The molecule has 136 valence electrons. The molecule has 0 saturated heterocycles. The van der Waals surface area contributed by atoms with Gasteiger partial charge in [0.05, 0.1) is 10.5 Å². The number of furan rings is 1. The van der Waals surface area contributed by atoms with Crippen molar-refractivity contribution in [3.05, 3.63) is 52.3 Å². The standard InChI is InChI=1S/C16H16N4O5S/c1-9-12(13-14(25-9)18-8-19(2)15(13)21)16(22)20(3)10-4-6-11(7-5-10)26(17,23)24/h4-8H,1-3H3,(H2,17,23,24). The SMILES string of the molecule is Cc1oc2ncn(C)c(=O)c2c1C(=O)N(C)c1ccc(S(N)(=O)=O)cc1. The van der Waals surface area contributed by atoms with Gasteiger partial charge in [-0.05, 0) is 31.2 Å². The normalized spacial score (nSPS) is 11.7. The van der Waals surface area contributed by atoms with E-state index in [1.165, 1.54) is 54.2 Å². The molecule has 1 aromatic carbocycles. The second-order valence-electron chi connectivity index (χ2n) is 5.78. The van der Waals surface area contributed by atoms with Crippen LogP contribution in [0.5, 0.6) is 0 Å².